The lowest BCUT2D eigenvalue weighted by Crippen LogP contribution is -2.73. The summed E-state index contributed by atoms with van der Waals surface area (Å²) in [6.45, 7) is 0. The Morgan fingerprint density at radius 2 is 2.00 bits per heavy atom. The molecule has 2 aromatic heterocycles. The van der Waals surface area contributed by atoms with Gasteiger partial charge in [-0.25, -0.2) is 10.2 Å². The van der Waals surface area contributed by atoms with E-state index in [1.165, 1.54) is 0 Å². The van der Waals surface area contributed by atoms with Crippen LogP contribution in [-0.2, 0) is 4.79 Å². The minimum atomic E-state index is -0.926. The molecule has 2 heterocycles. The maximum atomic E-state index is 10.7. The van der Waals surface area contributed by atoms with Gasteiger partial charge >= 0.3 is 5.97 Å². The van der Waals surface area contributed by atoms with E-state index in [0.29, 0.717) is 16.7 Å². The second-order valence-electron chi connectivity index (χ2n) is 5.87. The van der Waals surface area contributed by atoms with Gasteiger partial charge in [0.25, 0.3) is 0 Å². The first-order valence-electron chi connectivity index (χ1n) is 8.10. The van der Waals surface area contributed by atoms with Crippen molar-refractivity contribution in [2.24, 2.45) is 0 Å². The summed E-state index contributed by atoms with van der Waals surface area (Å²) in [4.78, 5) is 18.2. The van der Waals surface area contributed by atoms with Crippen LogP contribution in [0, 0.1) is 0 Å². The molecule has 8 N–H and O–H groups in total. The molecule has 0 saturated carbocycles. The minimum Gasteiger partial charge on any atom is -0.481 e. The second kappa shape index (κ2) is 8.23. The number of carbonyl (C=O) groups is 1. The number of nitrogens with zero attached hydrogens (tertiary/aromatic N) is 2. The highest BCUT2D eigenvalue weighted by Gasteiger charge is 2.13. The molecule has 144 valence electrons. The van der Waals surface area contributed by atoms with E-state index < -0.39 is 5.97 Å². The van der Waals surface area contributed by atoms with Crippen molar-refractivity contribution in [3.05, 3.63) is 48.7 Å². The second-order valence-corrected chi connectivity index (χ2v) is 6.81. The van der Waals surface area contributed by atoms with Crippen LogP contribution in [0.25, 0.3) is 33.4 Å². The average Bonchev–Trinajstić information content (AvgIpc) is 3.35. The Balaban J connectivity index is 0.00000225. The molecule has 9 nitrogen and oxygen atoms in total. The van der Waals surface area contributed by atoms with Gasteiger partial charge in [0.1, 0.15) is 0 Å². The fourth-order valence-corrected chi connectivity index (χ4v) is 3.44. The zero-order valence-corrected chi connectivity index (χ0v) is 15.3. The number of rotatable bonds is 6. The van der Waals surface area contributed by atoms with Crippen LogP contribution in [0.4, 0.5) is 5.69 Å². The Morgan fingerprint density at radius 3 is 2.79 bits per heavy atom. The average molecular weight is 400 g/mol. The van der Waals surface area contributed by atoms with Crippen molar-refractivity contribution >= 4 is 34.3 Å². The van der Waals surface area contributed by atoms with Gasteiger partial charge < -0.3 is 15.6 Å². The molecule has 0 aliphatic rings. The molecule has 0 spiro atoms. The number of aromatic nitrogens is 4. The number of nitrogens with two attached hydrogens (primary N) is 1. The largest absolute Gasteiger partial charge is 0.481 e. The molecule has 10 heteroatoms. The minimum absolute atomic E-state index is 0. The molecular weight excluding hydrogens is 382 g/mol. The van der Waals surface area contributed by atoms with E-state index in [4.69, 9.17) is 5.11 Å². The van der Waals surface area contributed by atoms with Crippen molar-refractivity contribution in [1.82, 2.24) is 20.2 Å². The molecule has 0 bridgehead atoms. The molecule has 28 heavy (non-hydrogen) atoms. The van der Waals surface area contributed by atoms with E-state index in [1.54, 1.807) is 6.07 Å². The Hall–Kier alpha value is -3.18. The third-order valence-corrected chi connectivity index (χ3v) is 4.91. The number of hydrogen-bond acceptors (Lipinski definition) is 5. The van der Waals surface area contributed by atoms with Crippen molar-refractivity contribution in [3.8, 4) is 22.5 Å². The van der Waals surface area contributed by atoms with Gasteiger partial charge in [-0.05, 0) is 29.3 Å². The van der Waals surface area contributed by atoms with Crippen LogP contribution in [0.3, 0.4) is 0 Å². The topological polar surface area (TPSA) is 163 Å². The fourth-order valence-electron chi connectivity index (χ4n) is 2.92. The van der Waals surface area contributed by atoms with E-state index in [1.807, 2.05) is 42.6 Å². The zero-order valence-electron chi connectivity index (χ0n) is 14.5. The Labute approximate surface area is 163 Å². The number of carboxylic acid groups (broad SMARTS) is 1. The van der Waals surface area contributed by atoms with E-state index >= 15 is 0 Å². The maximum Gasteiger partial charge on any atom is 0.313 e. The Bertz CT molecular complexity index is 1120. The SMILES string of the molecule is O.O=C(O)CSc1n[nH]c(-c2cc([NH2+]O)cc(-c3cccc4[nH]ccc34)c2)n1. The molecule has 2 aromatic carbocycles. The first-order chi connectivity index (χ1) is 13.1. The van der Waals surface area contributed by atoms with Crippen LogP contribution in [0.2, 0.25) is 0 Å². The third-order valence-electron chi connectivity index (χ3n) is 4.07. The lowest BCUT2D eigenvalue weighted by molar-refractivity contribution is -0.825. The van der Waals surface area contributed by atoms with Crippen molar-refractivity contribution < 1.29 is 26.1 Å². The van der Waals surface area contributed by atoms with Gasteiger partial charge in [-0.3, -0.25) is 9.89 Å². The third kappa shape index (κ3) is 3.89. The molecular formula is C18H18N5O4S+. The number of H-pyrrole nitrogens is 2. The molecule has 0 amide bonds. The van der Waals surface area contributed by atoms with Crippen molar-refractivity contribution in [2.45, 2.75) is 5.16 Å². The monoisotopic (exact) mass is 400 g/mol. The van der Waals surface area contributed by atoms with Crippen molar-refractivity contribution in [2.75, 3.05) is 5.75 Å². The number of quaternary nitrogens is 1. The van der Waals surface area contributed by atoms with E-state index in [-0.39, 0.29) is 11.2 Å². The smallest absolute Gasteiger partial charge is 0.313 e. The predicted molar refractivity (Wildman–Crippen MR) is 104 cm³/mol. The normalized spacial score (nSPS) is 10.8. The summed E-state index contributed by atoms with van der Waals surface area (Å²) < 4.78 is 0. The van der Waals surface area contributed by atoms with E-state index in [0.717, 1.165) is 44.8 Å². The number of carboxylic acids is 1. The van der Waals surface area contributed by atoms with Gasteiger partial charge in [0.05, 0.1) is 5.75 Å². The fraction of sp³-hybridized carbons (Fsp3) is 0.0556. The number of aromatic amines is 2. The number of nitrogens with one attached hydrogen (secondary N) is 2. The molecule has 4 rings (SSSR count). The lowest BCUT2D eigenvalue weighted by atomic mass is 9.99. The van der Waals surface area contributed by atoms with Gasteiger partial charge in [-0.1, -0.05) is 23.9 Å². The standard InChI is InChI=1S/C18H15N5O3S.H2O/c24-16(25)9-27-18-20-17(21-22-18)11-6-10(7-12(8-11)23-26)13-2-1-3-15-14(13)4-5-19-15;/h1-8,19,23,26H,9H2,(H,24,25)(H,20,21,22);1H2/p+1. The van der Waals surface area contributed by atoms with Crippen LogP contribution in [0.1, 0.15) is 0 Å². The van der Waals surface area contributed by atoms with Crippen LogP contribution in [-0.4, -0.2) is 47.7 Å². The molecule has 0 aliphatic carbocycles. The molecule has 0 atom stereocenters. The van der Waals surface area contributed by atoms with Crippen LogP contribution < -0.4 is 5.48 Å². The number of aliphatic carboxylic acids is 1. The number of hydrogen-bond donors (Lipinski definition) is 5. The summed E-state index contributed by atoms with van der Waals surface area (Å²) in [5, 5.41) is 26.7. The molecule has 0 aliphatic heterocycles. The lowest BCUT2D eigenvalue weighted by Gasteiger charge is -2.07. The molecule has 0 fully saturated rings. The van der Waals surface area contributed by atoms with Crippen molar-refractivity contribution in [1.29, 1.82) is 0 Å². The molecule has 0 saturated heterocycles. The van der Waals surface area contributed by atoms with Crippen LogP contribution in [0.15, 0.2) is 53.8 Å². The summed E-state index contributed by atoms with van der Waals surface area (Å²) in [6.07, 6.45) is 1.89. The van der Waals surface area contributed by atoms with Gasteiger partial charge in [-0.15, -0.1) is 5.10 Å². The van der Waals surface area contributed by atoms with Gasteiger partial charge in [-0.2, -0.15) is 5.48 Å². The van der Waals surface area contributed by atoms with Crippen LogP contribution in [0.5, 0.6) is 0 Å². The first-order valence-corrected chi connectivity index (χ1v) is 9.09. The maximum absolute atomic E-state index is 10.7. The summed E-state index contributed by atoms with van der Waals surface area (Å²) in [6, 6.07) is 13.6. The summed E-state index contributed by atoms with van der Waals surface area (Å²) in [5.74, 6) is -0.526. The van der Waals surface area contributed by atoms with Crippen molar-refractivity contribution in [3.63, 3.8) is 0 Å². The van der Waals surface area contributed by atoms with Gasteiger partial charge in [0, 0.05) is 34.8 Å². The molecule has 0 radical (unpaired) electrons. The molecule has 0 unspecified atom stereocenters. The van der Waals surface area contributed by atoms with E-state index in [2.05, 4.69) is 20.2 Å². The summed E-state index contributed by atoms with van der Waals surface area (Å²) in [5.41, 5.74) is 5.40. The van der Waals surface area contributed by atoms with Gasteiger partial charge in [0.2, 0.25) is 5.16 Å². The molecule has 4 aromatic rings. The predicted octanol–water partition coefficient (Wildman–Crippen LogP) is 1.56. The van der Waals surface area contributed by atoms with E-state index in [9.17, 15) is 10.0 Å². The number of fused-ring (bicyclic) bond motifs is 1. The van der Waals surface area contributed by atoms with Gasteiger partial charge in [0.15, 0.2) is 11.5 Å². The Morgan fingerprint density at radius 1 is 1.18 bits per heavy atom. The highest BCUT2D eigenvalue weighted by atomic mass is 32.2. The quantitative estimate of drug-likeness (QED) is 0.187. The number of benzene rings is 2. The highest BCUT2D eigenvalue weighted by molar-refractivity contribution is 7.99. The zero-order chi connectivity index (χ0) is 18.8. The highest BCUT2D eigenvalue weighted by Crippen LogP contribution is 2.32. The first kappa shape index (κ1) is 19.6. The van der Waals surface area contributed by atoms with Crippen LogP contribution >= 0.6 is 11.8 Å². The Kier molecular flexibility index (Phi) is 5.76. The summed E-state index contributed by atoms with van der Waals surface area (Å²) >= 11 is 1.04. The summed E-state index contributed by atoms with van der Waals surface area (Å²) in [7, 11) is 0. The number of thioether (sulfide) groups is 1.